The van der Waals surface area contributed by atoms with E-state index in [0.717, 1.165) is 50.5 Å². The van der Waals surface area contributed by atoms with Crippen LogP contribution in [0.2, 0.25) is 0 Å². The van der Waals surface area contributed by atoms with Crippen LogP contribution >= 0.6 is 0 Å². The van der Waals surface area contributed by atoms with E-state index in [4.69, 9.17) is 4.74 Å². The van der Waals surface area contributed by atoms with Gasteiger partial charge in [-0.15, -0.1) is 10.2 Å². The highest BCUT2D eigenvalue weighted by Crippen LogP contribution is 2.22. The van der Waals surface area contributed by atoms with Crippen LogP contribution in [0.25, 0.3) is 0 Å². The van der Waals surface area contributed by atoms with E-state index in [0.29, 0.717) is 5.92 Å². The van der Waals surface area contributed by atoms with Gasteiger partial charge in [0.05, 0.1) is 6.54 Å². The zero-order chi connectivity index (χ0) is 20.8. The van der Waals surface area contributed by atoms with Gasteiger partial charge in [-0.3, -0.25) is 4.79 Å². The maximum atomic E-state index is 12.5. The normalized spacial score (nSPS) is 14.6. The van der Waals surface area contributed by atoms with E-state index < -0.39 is 0 Å². The first kappa shape index (κ1) is 20.1. The van der Waals surface area contributed by atoms with Crippen molar-refractivity contribution in [1.29, 1.82) is 0 Å². The summed E-state index contributed by atoms with van der Waals surface area (Å²) in [5.74, 6) is 2.33. The second-order valence-electron chi connectivity index (χ2n) is 7.99. The third-order valence-corrected chi connectivity index (χ3v) is 5.71. The van der Waals surface area contributed by atoms with Crippen molar-refractivity contribution in [2.45, 2.75) is 32.7 Å². The van der Waals surface area contributed by atoms with E-state index >= 15 is 0 Å². The van der Waals surface area contributed by atoms with Gasteiger partial charge in [0.25, 0.3) is 5.91 Å². The third-order valence-electron chi connectivity index (χ3n) is 5.71. The summed E-state index contributed by atoms with van der Waals surface area (Å²) < 4.78 is 7.77. The van der Waals surface area contributed by atoms with Gasteiger partial charge in [-0.2, -0.15) is 0 Å². The lowest BCUT2D eigenvalue weighted by molar-refractivity contribution is -0.134. The summed E-state index contributed by atoms with van der Waals surface area (Å²) in [4.78, 5) is 14.4. The second-order valence-corrected chi connectivity index (χ2v) is 7.99. The largest absolute Gasteiger partial charge is 0.484 e. The van der Waals surface area contributed by atoms with Crippen LogP contribution in [0.5, 0.6) is 5.75 Å². The van der Waals surface area contributed by atoms with E-state index in [1.54, 1.807) is 0 Å². The van der Waals surface area contributed by atoms with Crippen molar-refractivity contribution in [3.05, 3.63) is 77.9 Å². The summed E-state index contributed by atoms with van der Waals surface area (Å²) in [5, 5.41) is 8.46. The number of amides is 1. The molecule has 0 N–H and O–H groups in total. The summed E-state index contributed by atoms with van der Waals surface area (Å²) >= 11 is 0. The SMILES string of the molecule is Cc1ccc(OCC(=O)N2CCC(Cc3nncn3Cc3ccccc3)CC2)cc1. The van der Waals surface area contributed by atoms with Crippen LogP contribution in [0.1, 0.15) is 29.8 Å². The van der Waals surface area contributed by atoms with Gasteiger partial charge < -0.3 is 14.2 Å². The van der Waals surface area contributed by atoms with Crippen LogP contribution in [-0.2, 0) is 17.8 Å². The van der Waals surface area contributed by atoms with Gasteiger partial charge >= 0.3 is 0 Å². The van der Waals surface area contributed by atoms with E-state index in [1.165, 1.54) is 11.1 Å². The molecule has 2 aromatic carbocycles. The molecule has 0 bridgehead atoms. The average Bonchev–Trinajstić information content (AvgIpc) is 3.21. The quantitative estimate of drug-likeness (QED) is 0.605. The molecule has 0 atom stereocenters. The summed E-state index contributed by atoms with van der Waals surface area (Å²) in [6, 6.07) is 18.1. The zero-order valence-electron chi connectivity index (χ0n) is 17.4. The standard InChI is InChI=1S/C24H28N4O2/c1-19-7-9-22(10-8-19)30-17-24(29)27-13-11-20(12-14-27)15-23-26-25-18-28(23)16-21-5-3-2-4-6-21/h2-10,18,20H,11-17H2,1H3. The molecule has 6 heteroatoms. The molecule has 0 saturated carbocycles. The molecule has 6 nitrogen and oxygen atoms in total. The van der Waals surface area contributed by atoms with Gasteiger partial charge in [-0.1, -0.05) is 48.0 Å². The molecule has 1 aromatic heterocycles. The number of piperidine rings is 1. The van der Waals surface area contributed by atoms with Gasteiger partial charge in [0.15, 0.2) is 6.61 Å². The Balaban J connectivity index is 1.24. The van der Waals surface area contributed by atoms with Crippen LogP contribution in [0.3, 0.4) is 0 Å². The lowest BCUT2D eigenvalue weighted by Gasteiger charge is -2.31. The highest BCUT2D eigenvalue weighted by Gasteiger charge is 2.24. The molecule has 1 saturated heterocycles. The Kier molecular flexibility index (Phi) is 6.42. The van der Waals surface area contributed by atoms with E-state index in [-0.39, 0.29) is 12.5 Å². The van der Waals surface area contributed by atoms with Crippen molar-refractivity contribution in [2.75, 3.05) is 19.7 Å². The molecule has 0 unspecified atom stereocenters. The molecule has 0 radical (unpaired) electrons. The van der Waals surface area contributed by atoms with Crippen LogP contribution in [0.4, 0.5) is 0 Å². The Morgan fingerprint density at radius 1 is 1.07 bits per heavy atom. The van der Waals surface area contributed by atoms with Crippen molar-refractivity contribution in [3.8, 4) is 5.75 Å². The molecule has 0 spiro atoms. The number of hydrogen-bond acceptors (Lipinski definition) is 4. The Labute approximate surface area is 177 Å². The topological polar surface area (TPSA) is 60.2 Å². The van der Waals surface area contributed by atoms with Crippen molar-refractivity contribution < 1.29 is 9.53 Å². The molecular formula is C24H28N4O2. The minimum Gasteiger partial charge on any atom is -0.484 e. The second kappa shape index (κ2) is 9.57. The molecule has 1 aliphatic heterocycles. The predicted molar refractivity (Wildman–Crippen MR) is 115 cm³/mol. The van der Waals surface area contributed by atoms with Crippen molar-refractivity contribution in [3.63, 3.8) is 0 Å². The maximum Gasteiger partial charge on any atom is 0.260 e. The van der Waals surface area contributed by atoms with Gasteiger partial charge in [0.2, 0.25) is 0 Å². The number of aromatic nitrogens is 3. The number of ether oxygens (including phenoxy) is 1. The van der Waals surface area contributed by atoms with E-state index in [2.05, 4.69) is 39.0 Å². The summed E-state index contributed by atoms with van der Waals surface area (Å²) in [7, 11) is 0. The van der Waals surface area contributed by atoms with Gasteiger partial charge in [0.1, 0.15) is 17.9 Å². The van der Waals surface area contributed by atoms with Gasteiger partial charge in [-0.25, -0.2) is 0 Å². The molecule has 2 heterocycles. The molecule has 1 amide bonds. The molecule has 1 fully saturated rings. The lowest BCUT2D eigenvalue weighted by atomic mass is 9.93. The molecular weight excluding hydrogens is 376 g/mol. The fourth-order valence-electron chi connectivity index (χ4n) is 3.86. The molecule has 4 rings (SSSR count). The highest BCUT2D eigenvalue weighted by atomic mass is 16.5. The van der Waals surface area contributed by atoms with Gasteiger partial charge in [-0.05, 0) is 43.4 Å². The minimum absolute atomic E-state index is 0.0567. The van der Waals surface area contributed by atoms with Crippen LogP contribution < -0.4 is 4.74 Å². The number of rotatable bonds is 7. The van der Waals surface area contributed by atoms with Crippen LogP contribution in [0.15, 0.2) is 60.9 Å². The predicted octanol–water partition coefficient (Wildman–Crippen LogP) is 3.49. The number of aryl methyl sites for hydroxylation is 1. The fourth-order valence-corrected chi connectivity index (χ4v) is 3.86. The Morgan fingerprint density at radius 3 is 2.53 bits per heavy atom. The van der Waals surface area contributed by atoms with E-state index in [1.807, 2.05) is 48.5 Å². The Hall–Kier alpha value is -3.15. The molecule has 30 heavy (non-hydrogen) atoms. The van der Waals surface area contributed by atoms with Gasteiger partial charge in [0, 0.05) is 19.5 Å². The number of carbonyl (C=O) groups excluding carboxylic acids is 1. The number of nitrogens with zero attached hydrogens (tertiary/aromatic N) is 4. The number of benzene rings is 2. The molecule has 1 aliphatic rings. The first-order valence-electron chi connectivity index (χ1n) is 10.6. The summed E-state index contributed by atoms with van der Waals surface area (Å²) in [6.07, 6.45) is 4.67. The molecule has 3 aromatic rings. The smallest absolute Gasteiger partial charge is 0.260 e. The fraction of sp³-hybridized carbons (Fsp3) is 0.375. The monoisotopic (exact) mass is 404 g/mol. The highest BCUT2D eigenvalue weighted by molar-refractivity contribution is 5.77. The van der Waals surface area contributed by atoms with Crippen LogP contribution in [-0.4, -0.2) is 45.3 Å². The lowest BCUT2D eigenvalue weighted by Crippen LogP contribution is -2.41. The molecule has 156 valence electrons. The Morgan fingerprint density at radius 2 is 1.80 bits per heavy atom. The maximum absolute atomic E-state index is 12.5. The average molecular weight is 405 g/mol. The first-order chi connectivity index (χ1) is 14.7. The zero-order valence-corrected chi connectivity index (χ0v) is 17.4. The van der Waals surface area contributed by atoms with E-state index in [9.17, 15) is 4.79 Å². The number of hydrogen-bond donors (Lipinski definition) is 0. The molecule has 0 aliphatic carbocycles. The summed E-state index contributed by atoms with van der Waals surface area (Å²) in [6.45, 7) is 4.46. The number of carbonyl (C=O) groups is 1. The van der Waals surface area contributed by atoms with Crippen molar-refractivity contribution >= 4 is 5.91 Å². The van der Waals surface area contributed by atoms with Crippen molar-refractivity contribution in [1.82, 2.24) is 19.7 Å². The van der Waals surface area contributed by atoms with Crippen molar-refractivity contribution in [2.24, 2.45) is 5.92 Å². The first-order valence-corrected chi connectivity index (χ1v) is 10.6. The Bertz CT molecular complexity index is 945. The number of likely N-dealkylation sites (tertiary alicyclic amines) is 1. The summed E-state index contributed by atoms with van der Waals surface area (Å²) in [5.41, 5.74) is 2.42. The van der Waals surface area contributed by atoms with Crippen LogP contribution in [0, 0.1) is 12.8 Å². The third kappa shape index (κ3) is 5.26. The minimum atomic E-state index is 0.0567.